The van der Waals surface area contributed by atoms with Crippen molar-refractivity contribution in [3.8, 4) is 0 Å². The Kier molecular flexibility index (Phi) is 4.23. The molecule has 7 nitrogen and oxygen atoms in total. The lowest BCUT2D eigenvalue weighted by atomic mass is 10.2. The van der Waals surface area contributed by atoms with Gasteiger partial charge >= 0.3 is 11.9 Å². The van der Waals surface area contributed by atoms with E-state index in [9.17, 15) is 9.59 Å². The van der Waals surface area contributed by atoms with E-state index in [-0.39, 0.29) is 13.1 Å². The zero-order chi connectivity index (χ0) is 15.6. The highest BCUT2D eigenvalue weighted by Crippen LogP contribution is 2.23. The molecule has 0 saturated carbocycles. The molecule has 0 bridgehead atoms. The van der Waals surface area contributed by atoms with Crippen LogP contribution in [0.5, 0.6) is 0 Å². The molecule has 1 aromatic heterocycles. The third-order valence-corrected chi connectivity index (χ3v) is 3.42. The van der Waals surface area contributed by atoms with E-state index in [1.165, 1.54) is 4.90 Å². The molecule has 0 aliphatic carbocycles. The number of carboxylic acid groups (broad SMARTS) is 2. The molecule has 0 aliphatic heterocycles. The second-order valence-electron chi connectivity index (χ2n) is 4.89. The first-order chi connectivity index (χ1) is 9.90. The van der Waals surface area contributed by atoms with Crippen LogP contribution in [0.1, 0.15) is 18.8 Å². The summed E-state index contributed by atoms with van der Waals surface area (Å²) >= 11 is 0. The van der Waals surface area contributed by atoms with Gasteiger partial charge in [-0.2, -0.15) is 0 Å². The number of benzene rings is 1. The van der Waals surface area contributed by atoms with Crippen molar-refractivity contribution in [1.82, 2.24) is 14.5 Å². The first-order valence-corrected chi connectivity index (χ1v) is 6.49. The van der Waals surface area contributed by atoms with Gasteiger partial charge in [0.1, 0.15) is 5.82 Å². The van der Waals surface area contributed by atoms with Crippen LogP contribution < -0.4 is 0 Å². The number of hydrogen-bond donors (Lipinski definition) is 2. The molecule has 7 heteroatoms. The van der Waals surface area contributed by atoms with Crippen LogP contribution in [-0.4, -0.2) is 49.7 Å². The Bertz CT molecular complexity index is 664. The van der Waals surface area contributed by atoms with Crippen LogP contribution in [0.3, 0.4) is 0 Å². The highest BCUT2D eigenvalue weighted by molar-refractivity contribution is 5.76. The van der Waals surface area contributed by atoms with Gasteiger partial charge in [-0.25, -0.2) is 4.98 Å². The largest absolute Gasteiger partial charge is 0.480 e. The molecule has 1 unspecified atom stereocenters. The van der Waals surface area contributed by atoms with E-state index in [1.54, 1.807) is 6.92 Å². The molecule has 1 aromatic carbocycles. The fraction of sp³-hybridized carbons (Fsp3) is 0.357. The summed E-state index contributed by atoms with van der Waals surface area (Å²) in [6, 6.07) is 7.12. The summed E-state index contributed by atoms with van der Waals surface area (Å²) in [5.74, 6) is -1.50. The minimum Gasteiger partial charge on any atom is -0.480 e. The van der Waals surface area contributed by atoms with E-state index in [4.69, 9.17) is 10.2 Å². The lowest BCUT2D eigenvalue weighted by Crippen LogP contribution is -2.37. The van der Waals surface area contributed by atoms with Gasteiger partial charge in [-0.3, -0.25) is 14.5 Å². The number of aromatic nitrogens is 2. The lowest BCUT2D eigenvalue weighted by Gasteiger charge is -2.25. The molecule has 21 heavy (non-hydrogen) atoms. The fourth-order valence-electron chi connectivity index (χ4n) is 2.38. The first kappa shape index (κ1) is 15.0. The van der Waals surface area contributed by atoms with Crippen molar-refractivity contribution in [2.75, 3.05) is 13.1 Å². The van der Waals surface area contributed by atoms with Crippen LogP contribution in [0.4, 0.5) is 0 Å². The molecule has 1 atom stereocenters. The Balaban J connectivity index is 2.37. The fourth-order valence-corrected chi connectivity index (χ4v) is 2.38. The van der Waals surface area contributed by atoms with Crippen molar-refractivity contribution in [2.45, 2.75) is 13.0 Å². The summed E-state index contributed by atoms with van der Waals surface area (Å²) in [7, 11) is 1.83. The van der Waals surface area contributed by atoms with Gasteiger partial charge in [0.05, 0.1) is 30.2 Å². The summed E-state index contributed by atoms with van der Waals surface area (Å²) in [6.45, 7) is 1.06. The maximum absolute atomic E-state index is 10.9. The predicted octanol–water partition coefficient (Wildman–Crippen LogP) is 1.11. The minimum absolute atomic E-state index is 0.351. The number of nitrogens with zero attached hydrogens (tertiary/aromatic N) is 3. The topological polar surface area (TPSA) is 95.7 Å². The summed E-state index contributed by atoms with van der Waals surface area (Å²) < 4.78 is 1.86. The second kappa shape index (κ2) is 5.92. The summed E-state index contributed by atoms with van der Waals surface area (Å²) in [4.78, 5) is 27.7. The molecular weight excluding hydrogens is 274 g/mol. The summed E-state index contributed by atoms with van der Waals surface area (Å²) in [5, 5.41) is 17.9. The standard InChI is InChI=1S/C14H17N3O4/c1-9(17(7-12(18)19)8-13(20)21)14-15-10-5-3-4-6-11(10)16(14)2/h3-6,9H,7-8H2,1-2H3,(H,18,19)(H,20,21). The average Bonchev–Trinajstić information content (AvgIpc) is 2.74. The number of hydrogen-bond acceptors (Lipinski definition) is 4. The molecule has 112 valence electrons. The van der Waals surface area contributed by atoms with Crippen LogP contribution in [0, 0.1) is 0 Å². The molecule has 0 radical (unpaired) electrons. The molecular formula is C14H17N3O4. The van der Waals surface area contributed by atoms with E-state index in [2.05, 4.69) is 4.98 Å². The zero-order valence-corrected chi connectivity index (χ0v) is 11.9. The molecule has 2 N–H and O–H groups in total. The maximum atomic E-state index is 10.9. The van der Waals surface area contributed by atoms with Crippen molar-refractivity contribution in [3.05, 3.63) is 30.1 Å². The molecule has 1 heterocycles. The first-order valence-electron chi connectivity index (χ1n) is 6.49. The number of imidazole rings is 1. The molecule has 0 amide bonds. The number of para-hydroxylation sites is 2. The zero-order valence-electron chi connectivity index (χ0n) is 11.9. The van der Waals surface area contributed by atoms with Gasteiger partial charge < -0.3 is 14.8 Å². The van der Waals surface area contributed by atoms with Crippen molar-refractivity contribution < 1.29 is 19.8 Å². The number of fused-ring (bicyclic) bond motifs is 1. The Morgan fingerprint density at radius 1 is 1.24 bits per heavy atom. The van der Waals surface area contributed by atoms with Crippen LogP contribution in [0.15, 0.2) is 24.3 Å². The lowest BCUT2D eigenvalue weighted by molar-refractivity contribution is -0.142. The SMILES string of the molecule is CC(c1nc2ccccc2n1C)N(CC(=O)O)CC(=O)O. The highest BCUT2D eigenvalue weighted by atomic mass is 16.4. The van der Waals surface area contributed by atoms with Crippen LogP contribution in [-0.2, 0) is 16.6 Å². The van der Waals surface area contributed by atoms with E-state index in [0.717, 1.165) is 11.0 Å². The van der Waals surface area contributed by atoms with Crippen LogP contribution in [0.2, 0.25) is 0 Å². The van der Waals surface area contributed by atoms with E-state index in [0.29, 0.717) is 5.82 Å². The number of carbonyl (C=O) groups is 2. The van der Waals surface area contributed by atoms with Gasteiger partial charge in [-0.05, 0) is 19.1 Å². The Morgan fingerprint density at radius 2 is 1.81 bits per heavy atom. The monoisotopic (exact) mass is 291 g/mol. The number of rotatable bonds is 6. The van der Waals surface area contributed by atoms with E-state index in [1.807, 2.05) is 35.9 Å². The van der Waals surface area contributed by atoms with Gasteiger partial charge in [0.2, 0.25) is 0 Å². The number of aryl methyl sites for hydroxylation is 1. The normalized spacial score (nSPS) is 12.7. The second-order valence-corrected chi connectivity index (χ2v) is 4.89. The minimum atomic E-state index is -1.07. The highest BCUT2D eigenvalue weighted by Gasteiger charge is 2.24. The molecule has 0 fully saturated rings. The van der Waals surface area contributed by atoms with Gasteiger partial charge in [0.25, 0.3) is 0 Å². The predicted molar refractivity (Wildman–Crippen MR) is 76.0 cm³/mol. The number of carboxylic acids is 2. The third-order valence-electron chi connectivity index (χ3n) is 3.42. The Hall–Kier alpha value is -2.41. The van der Waals surface area contributed by atoms with Gasteiger partial charge in [-0.1, -0.05) is 12.1 Å². The van der Waals surface area contributed by atoms with Gasteiger partial charge in [-0.15, -0.1) is 0 Å². The quantitative estimate of drug-likeness (QED) is 0.827. The summed E-state index contributed by atoms with van der Waals surface area (Å²) in [6.07, 6.45) is 0. The molecule has 2 rings (SSSR count). The number of aliphatic carboxylic acids is 2. The molecule has 0 aliphatic rings. The van der Waals surface area contributed by atoms with Gasteiger partial charge in [0, 0.05) is 7.05 Å². The Labute approximate surface area is 121 Å². The third kappa shape index (κ3) is 3.19. The molecule has 0 saturated heterocycles. The Morgan fingerprint density at radius 3 is 2.33 bits per heavy atom. The van der Waals surface area contributed by atoms with Crippen molar-refractivity contribution in [2.24, 2.45) is 7.05 Å². The van der Waals surface area contributed by atoms with Crippen molar-refractivity contribution in [1.29, 1.82) is 0 Å². The van der Waals surface area contributed by atoms with Crippen LogP contribution >= 0.6 is 0 Å². The smallest absolute Gasteiger partial charge is 0.317 e. The maximum Gasteiger partial charge on any atom is 0.317 e. The molecule has 0 spiro atoms. The van der Waals surface area contributed by atoms with E-state index < -0.39 is 18.0 Å². The average molecular weight is 291 g/mol. The molecule has 2 aromatic rings. The van der Waals surface area contributed by atoms with E-state index >= 15 is 0 Å². The van der Waals surface area contributed by atoms with Crippen molar-refractivity contribution >= 4 is 23.0 Å². The van der Waals surface area contributed by atoms with Crippen LogP contribution in [0.25, 0.3) is 11.0 Å². The van der Waals surface area contributed by atoms with Gasteiger partial charge in [0.15, 0.2) is 0 Å². The summed E-state index contributed by atoms with van der Waals surface area (Å²) in [5.41, 5.74) is 1.72. The van der Waals surface area contributed by atoms with Crippen molar-refractivity contribution in [3.63, 3.8) is 0 Å².